The molecule has 0 aliphatic heterocycles. The summed E-state index contributed by atoms with van der Waals surface area (Å²) in [4.78, 5) is 39.2. The summed E-state index contributed by atoms with van der Waals surface area (Å²) < 4.78 is 16.9. The number of nitrogens with zero attached hydrogens (tertiary/aromatic N) is 2. The minimum Gasteiger partial charge on any atom is -0.349 e. The Kier molecular flexibility index (Phi) is 6.31. The van der Waals surface area contributed by atoms with E-state index in [1.807, 2.05) is 0 Å². The lowest BCUT2D eigenvalue weighted by molar-refractivity contribution is 0.0938. The smallest absolute Gasteiger partial charge is 0.332 e. The highest BCUT2D eigenvalue weighted by atomic mass is 19.1. The molecule has 1 aromatic heterocycles. The van der Waals surface area contributed by atoms with E-state index in [0.29, 0.717) is 27.6 Å². The molecule has 1 aliphatic rings. The van der Waals surface area contributed by atoms with Crippen LogP contribution in [0.5, 0.6) is 0 Å². The number of aromatic nitrogens is 2. The zero-order valence-electron chi connectivity index (χ0n) is 19.2. The number of fused-ring (bicyclic) bond motifs is 1. The predicted octanol–water partition coefficient (Wildman–Crippen LogP) is 4.07. The Bertz CT molecular complexity index is 1500. The molecule has 7 heteroatoms. The van der Waals surface area contributed by atoms with Gasteiger partial charge in [0.2, 0.25) is 0 Å². The molecule has 0 saturated heterocycles. The molecular formula is C28H26FN3O3. The van der Waals surface area contributed by atoms with Crippen LogP contribution in [0.4, 0.5) is 4.39 Å². The maximum absolute atomic E-state index is 14.3. The van der Waals surface area contributed by atoms with Gasteiger partial charge in [-0.2, -0.15) is 0 Å². The molecule has 5 rings (SSSR count). The van der Waals surface area contributed by atoms with Crippen LogP contribution in [-0.4, -0.2) is 21.1 Å². The molecule has 178 valence electrons. The van der Waals surface area contributed by atoms with Crippen molar-refractivity contribution >= 4 is 16.8 Å². The number of halogens is 1. The summed E-state index contributed by atoms with van der Waals surface area (Å²) in [5, 5.41) is 3.44. The molecule has 1 heterocycles. The summed E-state index contributed by atoms with van der Waals surface area (Å²) in [6.07, 6.45) is 4.29. The quantitative estimate of drug-likeness (QED) is 0.461. The van der Waals surface area contributed by atoms with Crippen molar-refractivity contribution in [2.75, 3.05) is 0 Å². The van der Waals surface area contributed by atoms with Gasteiger partial charge in [-0.05, 0) is 48.7 Å². The normalized spacial score (nSPS) is 13.9. The van der Waals surface area contributed by atoms with E-state index in [9.17, 15) is 18.8 Å². The number of para-hydroxylation sites is 1. The number of carbonyl (C=O) groups is 1. The van der Waals surface area contributed by atoms with Crippen LogP contribution in [0.1, 0.15) is 47.2 Å². The molecule has 0 radical (unpaired) electrons. The van der Waals surface area contributed by atoms with Crippen LogP contribution in [-0.2, 0) is 13.1 Å². The van der Waals surface area contributed by atoms with E-state index in [-0.39, 0.29) is 25.0 Å². The molecule has 1 aliphatic carbocycles. The van der Waals surface area contributed by atoms with Crippen molar-refractivity contribution in [2.24, 2.45) is 0 Å². The second-order valence-corrected chi connectivity index (χ2v) is 9.02. The highest BCUT2D eigenvalue weighted by Gasteiger charge is 2.18. The van der Waals surface area contributed by atoms with Gasteiger partial charge in [-0.1, -0.05) is 55.3 Å². The Morgan fingerprint density at radius 1 is 0.857 bits per heavy atom. The Labute approximate surface area is 201 Å². The third-order valence-electron chi connectivity index (χ3n) is 6.67. The van der Waals surface area contributed by atoms with Gasteiger partial charge in [0.25, 0.3) is 11.5 Å². The van der Waals surface area contributed by atoms with Gasteiger partial charge in [0.1, 0.15) is 5.82 Å². The molecule has 0 spiro atoms. The lowest BCUT2D eigenvalue weighted by atomic mass is 10.1. The maximum atomic E-state index is 14.3. The lowest BCUT2D eigenvalue weighted by Gasteiger charge is -2.15. The van der Waals surface area contributed by atoms with Crippen molar-refractivity contribution in [1.82, 2.24) is 14.5 Å². The fourth-order valence-corrected chi connectivity index (χ4v) is 4.74. The van der Waals surface area contributed by atoms with Crippen LogP contribution in [0.25, 0.3) is 10.9 Å². The maximum Gasteiger partial charge on any atom is 0.332 e. The van der Waals surface area contributed by atoms with E-state index in [0.717, 1.165) is 30.3 Å². The first kappa shape index (κ1) is 22.8. The Morgan fingerprint density at radius 3 is 2.29 bits per heavy atom. The van der Waals surface area contributed by atoms with Crippen LogP contribution < -0.4 is 16.6 Å². The molecule has 1 fully saturated rings. The second kappa shape index (κ2) is 9.70. The third-order valence-corrected chi connectivity index (χ3v) is 6.67. The summed E-state index contributed by atoms with van der Waals surface area (Å²) in [6, 6.07) is 20.3. The average Bonchev–Trinajstić information content (AvgIpc) is 3.39. The first-order valence-electron chi connectivity index (χ1n) is 11.9. The van der Waals surface area contributed by atoms with Crippen LogP contribution in [0.3, 0.4) is 0 Å². The highest BCUT2D eigenvalue weighted by molar-refractivity contribution is 5.94. The van der Waals surface area contributed by atoms with Gasteiger partial charge in [0.05, 0.1) is 24.0 Å². The summed E-state index contributed by atoms with van der Waals surface area (Å²) in [7, 11) is 0. The van der Waals surface area contributed by atoms with Gasteiger partial charge in [-0.15, -0.1) is 0 Å². The fourth-order valence-electron chi connectivity index (χ4n) is 4.74. The molecule has 4 aromatic rings. The number of benzene rings is 3. The molecule has 0 bridgehead atoms. The van der Waals surface area contributed by atoms with E-state index in [2.05, 4.69) is 5.32 Å². The van der Waals surface area contributed by atoms with E-state index in [1.54, 1.807) is 66.7 Å². The van der Waals surface area contributed by atoms with E-state index < -0.39 is 17.1 Å². The van der Waals surface area contributed by atoms with Crippen LogP contribution in [0.2, 0.25) is 0 Å². The number of amides is 1. The van der Waals surface area contributed by atoms with Crippen molar-refractivity contribution < 1.29 is 9.18 Å². The third kappa shape index (κ3) is 4.67. The number of carbonyl (C=O) groups excluding carboxylic acids is 1. The first-order chi connectivity index (χ1) is 17.0. The van der Waals surface area contributed by atoms with Gasteiger partial charge < -0.3 is 5.32 Å². The lowest BCUT2D eigenvalue weighted by Crippen LogP contribution is -2.40. The van der Waals surface area contributed by atoms with E-state index in [1.165, 1.54) is 10.6 Å². The topological polar surface area (TPSA) is 73.1 Å². The second-order valence-electron chi connectivity index (χ2n) is 9.02. The summed E-state index contributed by atoms with van der Waals surface area (Å²) in [5.74, 6) is -0.522. The van der Waals surface area contributed by atoms with Crippen molar-refractivity contribution in [3.8, 4) is 0 Å². The largest absolute Gasteiger partial charge is 0.349 e. The average molecular weight is 472 g/mol. The molecule has 35 heavy (non-hydrogen) atoms. The number of nitrogens with one attached hydrogen (secondary N) is 1. The fraction of sp³-hybridized carbons (Fsp3) is 0.250. The van der Waals surface area contributed by atoms with E-state index >= 15 is 0 Å². The molecule has 1 saturated carbocycles. The minimum absolute atomic E-state index is 0.00652. The number of rotatable bonds is 6. The molecule has 3 aromatic carbocycles. The molecule has 1 amide bonds. The minimum atomic E-state index is -0.514. The summed E-state index contributed by atoms with van der Waals surface area (Å²) in [5.41, 5.74) is 1.17. The van der Waals surface area contributed by atoms with Gasteiger partial charge >= 0.3 is 5.69 Å². The van der Waals surface area contributed by atoms with Crippen molar-refractivity contribution in [3.05, 3.63) is 116 Å². The predicted molar refractivity (Wildman–Crippen MR) is 133 cm³/mol. The van der Waals surface area contributed by atoms with Gasteiger partial charge in [0, 0.05) is 17.2 Å². The van der Waals surface area contributed by atoms with E-state index in [4.69, 9.17) is 0 Å². The highest BCUT2D eigenvalue weighted by Crippen LogP contribution is 2.18. The van der Waals surface area contributed by atoms with Crippen molar-refractivity contribution in [2.45, 2.75) is 44.8 Å². The standard InChI is InChI=1S/C28H26FN3O3/c29-24-11-5-1-7-21(24)18-31-25-12-6-4-10-23(25)27(34)32(28(31)35)17-19-13-15-20(16-14-19)26(33)30-22-8-2-3-9-22/h1,4-7,10-16,22H,2-3,8-9,17-18H2,(H,30,33). The Balaban J connectivity index is 1.47. The summed E-state index contributed by atoms with van der Waals surface area (Å²) >= 11 is 0. The van der Waals surface area contributed by atoms with Gasteiger partial charge in [-0.3, -0.25) is 18.7 Å². The first-order valence-corrected chi connectivity index (χ1v) is 11.9. The molecule has 0 unspecified atom stereocenters. The monoisotopic (exact) mass is 471 g/mol. The molecule has 6 nitrogen and oxygen atoms in total. The zero-order chi connectivity index (χ0) is 24.4. The number of hydrogen-bond donors (Lipinski definition) is 1. The Morgan fingerprint density at radius 2 is 1.54 bits per heavy atom. The molecule has 1 N–H and O–H groups in total. The van der Waals surface area contributed by atoms with Crippen molar-refractivity contribution in [3.63, 3.8) is 0 Å². The Hall–Kier alpha value is -4.00. The van der Waals surface area contributed by atoms with Crippen LogP contribution in [0, 0.1) is 5.82 Å². The van der Waals surface area contributed by atoms with Crippen molar-refractivity contribution in [1.29, 1.82) is 0 Å². The van der Waals surface area contributed by atoms with Gasteiger partial charge in [-0.25, -0.2) is 9.18 Å². The van der Waals surface area contributed by atoms with Crippen LogP contribution >= 0.6 is 0 Å². The number of hydrogen-bond acceptors (Lipinski definition) is 3. The zero-order valence-corrected chi connectivity index (χ0v) is 19.2. The van der Waals surface area contributed by atoms with Crippen LogP contribution in [0.15, 0.2) is 82.4 Å². The molecule has 0 atom stereocenters. The molecular weight excluding hydrogens is 445 g/mol. The van der Waals surface area contributed by atoms with Gasteiger partial charge in [0.15, 0.2) is 0 Å². The summed E-state index contributed by atoms with van der Waals surface area (Å²) in [6.45, 7) is 0.0525. The SMILES string of the molecule is O=C(NC1CCCC1)c1ccc(Cn2c(=O)c3ccccc3n(Cc3ccccc3F)c2=O)cc1.